The van der Waals surface area contributed by atoms with Gasteiger partial charge >= 0.3 is 86.3 Å². The first-order valence-corrected chi connectivity index (χ1v) is 8.76. The molecule has 1 aromatic rings. The molecule has 70 valence electrons. The van der Waals surface area contributed by atoms with Gasteiger partial charge in [0.2, 0.25) is 0 Å². The van der Waals surface area contributed by atoms with Crippen LogP contribution in [-0.2, 0) is 8.49 Å². The maximum atomic E-state index is 10.9. The van der Waals surface area contributed by atoms with E-state index in [2.05, 4.69) is 0 Å². The monoisotopic (exact) mass is 286 g/mol. The second-order valence-corrected chi connectivity index (χ2v) is 7.08. The summed E-state index contributed by atoms with van der Waals surface area (Å²) in [6, 6.07) is 9.89. The molecule has 0 saturated carbocycles. The van der Waals surface area contributed by atoms with Crippen LogP contribution >= 0.6 is 0 Å². The first kappa shape index (κ1) is 10.9. The Morgan fingerprint density at radius 2 is 1.85 bits per heavy atom. The topological polar surface area (TPSA) is 37.3 Å². The van der Waals surface area contributed by atoms with E-state index >= 15 is 0 Å². The Morgan fingerprint density at radius 1 is 1.31 bits per heavy atom. The summed E-state index contributed by atoms with van der Waals surface area (Å²) in [5.74, 6) is 0. The minimum absolute atomic E-state index is 0.160. The third kappa shape index (κ3) is 3.19. The van der Waals surface area contributed by atoms with Gasteiger partial charge in [0.25, 0.3) is 0 Å². The molecule has 0 atom stereocenters. The Kier molecular flexibility index (Phi) is 3.62. The molecule has 0 fully saturated rings. The number of hydrogen-bond acceptors (Lipinski definition) is 1. The van der Waals surface area contributed by atoms with Crippen molar-refractivity contribution in [2.45, 2.75) is 23.7 Å². The van der Waals surface area contributed by atoms with E-state index < -0.39 is 20.2 Å². The summed E-state index contributed by atoms with van der Waals surface area (Å²) in [5.41, 5.74) is 0.977. The Morgan fingerprint density at radius 3 is 2.31 bits per heavy atom. The van der Waals surface area contributed by atoms with E-state index in [1.807, 2.05) is 44.2 Å². The Labute approximate surface area is 86.3 Å². The van der Waals surface area contributed by atoms with Gasteiger partial charge in [-0.1, -0.05) is 0 Å². The van der Waals surface area contributed by atoms with Crippen molar-refractivity contribution >= 4 is 20.2 Å². The molecule has 1 N–H and O–H groups in total. The predicted molar refractivity (Wildman–Crippen MR) is 52.9 cm³/mol. The summed E-state index contributed by atoms with van der Waals surface area (Å²) >= 11 is -3.22. The Balaban J connectivity index is 2.87. The Hall–Kier alpha value is -0.221. The van der Waals surface area contributed by atoms with Gasteiger partial charge in [0, 0.05) is 0 Å². The molecule has 13 heavy (non-hydrogen) atoms. The zero-order valence-corrected chi connectivity index (χ0v) is 10.8. The van der Waals surface area contributed by atoms with Crippen LogP contribution in [0, 0.1) is 0 Å². The van der Waals surface area contributed by atoms with Gasteiger partial charge in [-0.2, -0.15) is 0 Å². The van der Waals surface area contributed by atoms with E-state index in [1.54, 1.807) is 0 Å². The van der Waals surface area contributed by atoms with Crippen molar-refractivity contribution in [2.24, 2.45) is 0 Å². The van der Waals surface area contributed by atoms with Crippen LogP contribution in [0.15, 0.2) is 30.3 Å². The van der Waals surface area contributed by atoms with Crippen LogP contribution in [0.5, 0.6) is 0 Å². The van der Waals surface area contributed by atoms with Gasteiger partial charge in [-0.3, -0.25) is 0 Å². The van der Waals surface area contributed by atoms with Crippen molar-refractivity contribution in [3.63, 3.8) is 0 Å². The SMILES string of the molecule is CC(C)([CH2][Sn](=[O])[OH])c1ccccc1. The zero-order chi connectivity index (χ0) is 9.90. The third-order valence-electron chi connectivity index (χ3n) is 2.15. The summed E-state index contributed by atoms with van der Waals surface area (Å²) in [6.07, 6.45) is 0. The summed E-state index contributed by atoms with van der Waals surface area (Å²) in [7, 11) is 0. The normalized spacial score (nSPS) is 11.3. The maximum absolute atomic E-state index is 10.9. The van der Waals surface area contributed by atoms with Crippen LogP contribution in [-0.4, -0.2) is 23.6 Å². The average Bonchev–Trinajstić information content (AvgIpc) is 2.04. The first-order valence-electron chi connectivity index (χ1n) is 4.30. The van der Waals surface area contributed by atoms with Crippen molar-refractivity contribution in [1.82, 2.24) is 0 Å². The molecule has 1 aromatic carbocycles. The van der Waals surface area contributed by atoms with Gasteiger partial charge < -0.3 is 0 Å². The van der Waals surface area contributed by atoms with Crippen molar-refractivity contribution in [1.29, 1.82) is 0 Å². The van der Waals surface area contributed by atoms with Gasteiger partial charge in [-0.05, 0) is 0 Å². The van der Waals surface area contributed by atoms with Crippen LogP contribution in [0.3, 0.4) is 0 Å². The first-order chi connectivity index (χ1) is 6.02. The van der Waals surface area contributed by atoms with Crippen LogP contribution in [0.4, 0.5) is 0 Å². The number of rotatable bonds is 3. The fraction of sp³-hybridized carbons (Fsp3) is 0.400. The second-order valence-electron chi connectivity index (χ2n) is 3.82. The molecule has 1 rings (SSSR count). The molecule has 0 bridgehead atoms. The molecule has 0 aliphatic heterocycles. The van der Waals surface area contributed by atoms with Gasteiger partial charge in [-0.15, -0.1) is 0 Å². The van der Waals surface area contributed by atoms with E-state index in [4.69, 9.17) is 3.44 Å². The van der Waals surface area contributed by atoms with Gasteiger partial charge in [0.15, 0.2) is 0 Å². The number of benzene rings is 1. The molecule has 0 aromatic heterocycles. The molecular formula is C10H14O2Sn. The predicted octanol–water partition coefficient (Wildman–Crippen LogP) is 1.88. The average molecular weight is 285 g/mol. The molecule has 0 aliphatic carbocycles. The van der Waals surface area contributed by atoms with Crippen molar-refractivity contribution in [3.8, 4) is 0 Å². The van der Waals surface area contributed by atoms with E-state index in [-0.39, 0.29) is 5.41 Å². The van der Waals surface area contributed by atoms with Crippen molar-refractivity contribution < 1.29 is 6.52 Å². The molecule has 0 radical (unpaired) electrons. The standard InChI is InChI=1S/C10H13.H2O.O.Sn/c1-10(2,3)9-7-5-4-6-8-9;;;/h4-8H,1H2,2-3H3;1H2;;/q;;;+1/p-1. The molecule has 3 heteroatoms. The molecule has 0 amide bonds. The van der Waals surface area contributed by atoms with E-state index in [9.17, 15) is 3.08 Å². The zero-order valence-electron chi connectivity index (χ0n) is 7.95. The third-order valence-corrected chi connectivity index (χ3v) is 5.53. The molecular weight excluding hydrogens is 271 g/mol. The molecule has 0 aliphatic rings. The van der Waals surface area contributed by atoms with E-state index in [0.29, 0.717) is 4.44 Å². The summed E-state index contributed by atoms with van der Waals surface area (Å²) < 4.78 is 20.3. The van der Waals surface area contributed by atoms with Crippen molar-refractivity contribution in [3.05, 3.63) is 35.9 Å². The van der Waals surface area contributed by atoms with Crippen LogP contribution < -0.4 is 0 Å². The summed E-state index contributed by atoms with van der Waals surface area (Å²) in [6.45, 7) is 4.02. The fourth-order valence-electron chi connectivity index (χ4n) is 1.37. The number of hydrogen-bond donors (Lipinski definition) is 1. The molecule has 2 nitrogen and oxygen atoms in total. The second kappa shape index (κ2) is 4.33. The van der Waals surface area contributed by atoms with Gasteiger partial charge in [-0.25, -0.2) is 0 Å². The van der Waals surface area contributed by atoms with Crippen LogP contribution in [0.2, 0.25) is 4.44 Å². The van der Waals surface area contributed by atoms with E-state index in [1.165, 1.54) is 0 Å². The minimum atomic E-state index is -3.22. The Bertz CT molecular complexity index is 293. The van der Waals surface area contributed by atoms with E-state index in [0.717, 1.165) is 5.56 Å². The van der Waals surface area contributed by atoms with Crippen LogP contribution in [0.25, 0.3) is 0 Å². The molecule has 0 heterocycles. The molecule has 0 saturated heterocycles. The van der Waals surface area contributed by atoms with Gasteiger partial charge in [0.05, 0.1) is 0 Å². The van der Waals surface area contributed by atoms with Gasteiger partial charge in [0.1, 0.15) is 0 Å². The van der Waals surface area contributed by atoms with Crippen LogP contribution in [0.1, 0.15) is 19.4 Å². The summed E-state index contributed by atoms with van der Waals surface area (Å²) in [4.78, 5) is 0. The van der Waals surface area contributed by atoms with Crippen molar-refractivity contribution in [2.75, 3.05) is 0 Å². The molecule has 0 unspecified atom stereocenters. The summed E-state index contributed by atoms with van der Waals surface area (Å²) in [5, 5.41) is 0. The quantitative estimate of drug-likeness (QED) is 0.861. The molecule has 0 spiro atoms. The fourth-order valence-corrected chi connectivity index (χ4v) is 4.11.